The third kappa shape index (κ3) is 4.31. The van der Waals surface area contributed by atoms with E-state index >= 15 is 0 Å². The van der Waals surface area contributed by atoms with Crippen LogP contribution in [0.4, 0.5) is 0 Å². The van der Waals surface area contributed by atoms with Crippen molar-refractivity contribution in [2.75, 3.05) is 6.54 Å². The first-order valence-electron chi connectivity index (χ1n) is 3.50. The Balaban J connectivity index is 4.30. The van der Waals surface area contributed by atoms with Crippen LogP contribution in [0.15, 0.2) is 16.6 Å². The molecule has 0 aliphatic carbocycles. The van der Waals surface area contributed by atoms with Crippen LogP contribution >= 0.6 is 0 Å². The number of aliphatic carboxylic acids is 1. The average Bonchev–Trinajstić information content (AvgIpc) is 1.87. The molecule has 0 rings (SSSR count). The lowest BCUT2D eigenvalue weighted by Crippen LogP contribution is -1.99. The molecule has 0 saturated carbocycles. The summed E-state index contributed by atoms with van der Waals surface area (Å²) in [5, 5.41) is 8.48. The molecule has 0 fully saturated rings. The number of carboxylic acid groups (broad SMARTS) is 1. The number of nitrogens with zero attached hydrogens (tertiary/aromatic N) is 1. The Hall–Kier alpha value is -1.12. The Kier molecular flexibility index (Phi) is 4.18. The third-order valence-corrected chi connectivity index (χ3v) is 1.17. The van der Waals surface area contributed by atoms with Crippen molar-refractivity contribution >= 4 is 11.7 Å². The van der Waals surface area contributed by atoms with Crippen LogP contribution in [0.25, 0.3) is 0 Å². The Bertz CT molecular complexity index is 204. The second-order valence-corrected chi connectivity index (χ2v) is 2.25. The van der Waals surface area contributed by atoms with Crippen LogP contribution in [0.2, 0.25) is 0 Å². The quantitative estimate of drug-likeness (QED) is 0.496. The molecule has 0 aliphatic rings. The first-order chi connectivity index (χ1) is 5.07. The Morgan fingerprint density at radius 3 is 2.45 bits per heavy atom. The number of carbonyl (C=O) groups is 1. The van der Waals surface area contributed by atoms with Crippen LogP contribution in [-0.2, 0) is 4.79 Å². The maximum absolute atomic E-state index is 10.3. The molecule has 0 atom stereocenters. The van der Waals surface area contributed by atoms with Crippen LogP contribution in [-0.4, -0.2) is 23.3 Å². The molecule has 0 aromatic carbocycles. The van der Waals surface area contributed by atoms with Gasteiger partial charge in [0.15, 0.2) is 0 Å². The second-order valence-electron chi connectivity index (χ2n) is 2.25. The highest BCUT2D eigenvalue weighted by Crippen LogP contribution is 1.93. The molecule has 0 aromatic heterocycles. The van der Waals surface area contributed by atoms with Gasteiger partial charge in [-0.2, -0.15) is 0 Å². The van der Waals surface area contributed by atoms with E-state index in [4.69, 9.17) is 5.11 Å². The van der Waals surface area contributed by atoms with Crippen LogP contribution in [0, 0.1) is 0 Å². The zero-order chi connectivity index (χ0) is 8.85. The molecular formula is C8H13NO2. The minimum Gasteiger partial charge on any atom is -0.478 e. The van der Waals surface area contributed by atoms with Gasteiger partial charge in [-0.25, -0.2) is 4.79 Å². The summed E-state index contributed by atoms with van der Waals surface area (Å²) in [4.78, 5) is 14.3. The van der Waals surface area contributed by atoms with Gasteiger partial charge in [-0.1, -0.05) is 0 Å². The van der Waals surface area contributed by atoms with E-state index in [0.29, 0.717) is 12.1 Å². The van der Waals surface area contributed by atoms with E-state index < -0.39 is 5.97 Å². The molecule has 0 unspecified atom stereocenters. The maximum Gasteiger partial charge on any atom is 0.331 e. The van der Waals surface area contributed by atoms with E-state index in [1.54, 1.807) is 19.9 Å². The molecular weight excluding hydrogens is 142 g/mol. The Labute approximate surface area is 66.5 Å². The fraction of sp³-hybridized carbons (Fsp3) is 0.500. The summed E-state index contributed by atoms with van der Waals surface area (Å²) in [5.41, 5.74) is 1.08. The summed E-state index contributed by atoms with van der Waals surface area (Å²) < 4.78 is 0. The lowest BCUT2D eigenvalue weighted by atomic mass is 10.2. The minimum absolute atomic E-state index is 0.319. The summed E-state index contributed by atoms with van der Waals surface area (Å²) in [7, 11) is 0. The van der Waals surface area contributed by atoms with Gasteiger partial charge in [0.25, 0.3) is 0 Å². The molecule has 3 heteroatoms. The lowest BCUT2D eigenvalue weighted by Gasteiger charge is -1.92. The first-order valence-corrected chi connectivity index (χ1v) is 3.50. The van der Waals surface area contributed by atoms with E-state index in [1.165, 1.54) is 0 Å². The first kappa shape index (κ1) is 9.88. The van der Waals surface area contributed by atoms with E-state index in [9.17, 15) is 4.79 Å². The van der Waals surface area contributed by atoms with E-state index in [-0.39, 0.29) is 0 Å². The number of carboxylic acids is 1. The molecule has 0 aromatic rings. The second kappa shape index (κ2) is 4.66. The Morgan fingerprint density at radius 2 is 2.09 bits per heavy atom. The van der Waals surface area contributed by atoms with Crippen molar-refractivity contribution < 1.29 is 9.90 Å². The molecule has 11 heavy (non-hydrogen) atoms. The van der Waals surface area contributed by atoms with Crippen molar-refractivity contribution in [1.29, 1.82) is 0 Å². The van der Waals surface area contributed by atoms with Gasteiger partial charge in [-0.3, -0.25) is 4.99 Å². The van der Waals surface area contributed by atoms with Crippen LogP contribution < -0.4 is 0 Å². The molecule has 0 aliphatic heterocycles. The van der Waals surface area contributed by atoms with Gasteiger partial charge in [0.2, 0.25) is 0 Å². The van der Waals surface area contributed by atoms with E-state index in [1.807, 2.05) is 6.92 Å². The van der Waals surface area contributed by atoms with Gasteiger partial charge in [0.1, 0.15) is 0 Å². The number of hydrogen-bond acceptors (Lipinski definition) is 2. The highest BCUT2D eigenvalue weighted by Gasteiger charge is 1.98. The van der Waals surface area contributed by atoms with Gasteiger partial charge >= 0.3 is 5.97 Å². The summed E-state index contributed by atoms with van der Waals surface area (Å²) in [6.07, 6.45) is 1.56. The highest BCUT2D eigenvalue weighted by molar-refractivity contribution is 6.00. The zero-order valence-corrected chi connectivity index (χ0v) is 7.09. The zero-order valence-electron chi connectivity index (χ0n) is 7.09. The van der Waals surface area contributed by atoms with E-state index in [0.717, 1.165) is 5.71 Å². The van der Waals surface area contributed by atoms with Crippen LogP contribution in [0.1, 0.15) is 20.8 Å². The molecule has 3 nitrogen and oxygen atoms in total. The number of aliphatic imine (C=N–C) groups is 1. The minimum atomic E-state index is -0.893. The molecule has 62 valence electrons. The van der Waals surface area contributed by atoms with E-state index in [2.05, 4.69) is 4.99 Å². The molecule has 0 heterocycles. The van der Waals surface area contributed by atoms with Gasteiger partial charge in [-0.05, 0) is 26.8 Å². The maximum atomic E-state index is 10.3. The third-order valence-electron chi connectivity index (χ3n) is 1.17. The predicted molar refractivity (Wildman–Crippen MR) is 45.0 cm³/mol. The standard InChI is InChI=1S/C8H13NO2/c1-4-9-7(3)5-6(2)8(10)11/h5H,4H2,1-3H3,(H,10,11)/b6-5+,9-7?. The van der Waals surface area contributed by atoms with Crippen molar-refractivity contribution in [2.24, 2.45) is 4.99 Å². The lowest BCUT2D eigenvalue weighted by molar-refractivity contribution is -0.132. The van der Waals surface area contributed by atoms with Gasteiger partial charge in [-0.15, -0.1) is 0 Å². The fourth-order valence-corrected chi connectivity index (χ4v) is 0.670. The van der Waals surface area contributed by atoms with Crippen molar-refractivity contribution in [2.45, 2.75) is 20.8 Å². The molecule has 0 radical (unpaired) electrons. The van der Waals surface area contributed by atoms with Crippen LogP contribution in [0.5, 0.6) is 0 Å². The van der Waals surface area contributed by atoms with Crippen molar-refractivity contribution in [3.63, 3.8) is 0 Å². The van der Waals surface area contributed by atoms with Gasteiger partial charge in [0, 0.05) is 17.8 Å². The van der Waals surface area contributed by atoms with Gasteiger partial charge in [0.05, 0.1) is 0 Å². The molecule has 0 saturated heterocycles. The van der Waals surface area contributed by atoms with Gasteiger partial charge < -0.3 is 5.11 Å². The fourth-order valence-electron chi connectivity index (χ4n) is 0.670. The average molecular weight is 155 g/mol. The molecule has 1 N–H and O–H groups in total. The van der Waals surface area contributed by atoms with Crippen molar-refractivity contribution in [1.82, 2.24) is 0 Å². The SMILES string of the molecule is CCN=C(C)/C=C(\C)C(=O)O. The number of hydrogen-bond donors (Lipinski definition) is 1. The predicted octanol–water partition coefficient (Wildman–Crippen LogP) is 1.50. The number of rotatable bonds is 3. The number of allylic oxidation sites excluding steroid dienone is 1. The summed E-state index contributed by atoms with van der Waals surface area (Å²) in [5.74, 6) is -0.893. The topological polar surface area (TPSA) is 49.7 Å². The smallest absolute Gasteiger partial charge is 0.331 e. The monoisotopic (exact) mass is 155 g/mol. The largest absolute Gasteiger partial charge is 0.478 e. The van der Waals surface area contributed by atoms with Crippen molar-refractivity contribution in [3.8, 4) is 0 Å². The molecule has 0 bridgehead atoms. The normalized spacial score (nSPS) is 13.4. The highest BCUT2D eigenvalue weighted by atomic mass is 16.4. The summed E-state index contributed by atoms with van der Waals surface area (Å²) >= 11 is 0. The molecule has 0 amide bonds. The summed E-state index contributed by atoms with van der Waals surface area (Å²) in [6, 6.07) is 0. The summed E-state index contributed by atoms with van der Waals surface area (Å²) in [6.45, 7) is 5.94. The molecule has 0 spiro atoms. The van der Waals surface area contributed by atoms with Crippen LogP contribution in [0.3, 0.4) is 0 Å². The van der Waals surface area contributed by atoms with Crippen molar-refractivity contribution in [3.05, 3.63) is 11.6 Å². The Morgan fingerprint density at radius 1 is 1.55 bits per heavy atom.